The molecule has 0 saturated heterocycles. The van der Waals surface area contributed by atoms with E-state index in [2.05, 4.69) is 17.6 Å². The average molecular weight is 248 g/mol. The Morgan fingerprint density at radius 2 is 1.72 bits per heavy atom. The third-order valence-corrected chi connectivity index (χ3v) is 2.78. The van der Waals surface area contributed by atoms with Crippen LogP contribution in [0.4, 0.5) is 0 Å². The summed E-state index contributed by atoms with van der Waals surface area (Å²) in [6.45, 7) is 6.18. The summed E-state index contributed by atoms with van der Waals surface area (Å²) in [5.74, 6) is -1.18. The number of hydrogen-bond acceptors (Lipinski definition) is 2. The molecular formula is C14H20N2O2. The van der Waals surface area contributed by atoms with E-state index in [0.717, 1.165) is 12.0 Å². The predicted octanol–water partition coefficient (Wildman–Crippen LogP) is 1.56. The number of aryl methyl sites for hydroxylation is 1. The monoisotopic (exact) mass is 248 g/mol. The van der Waals surface area contributed by atoms with Gasteiger partial charge in [0.25, 0.3) is 0 Å². The first-order valence-corrected chi connectivity index (χ1v) is 6.26. The second kappa shape index (κ2) is 6.79. The lowest BCUT2D eigenvalue weighted by molar-refractivity contribution is -0.139. The van der Waals surface area contributed by atoms with Crippen LogP contribution in [0.2, 0.25) is 0 Å². The summed E-state index contributed by atoms with van der Waals surface area (Å²) >= 11 is 0. The van der Waals surface area contributed by atoms with Gasteiger partial charge in [0, 0.05) is 6.54 Å². The molecule has 0 aliphatic carbocycles. The van der Waals surface area contributed by atoms with Crippen molar-refractivity contribution in [3.63, 3.8) is 0 Å². The van der Waals surface area contributed by atoms with E-state index in [9.17, 15) is 9.59 Å². The Morgan fingerprint density at radius 1 is 1.11 bits per heavy atom. The highest BCUT2D eigenvalue weighted by molar-refractivity contribution is 6.35. The summed E-state index contributed by atoms with van der Waals surface area (Å²) in [4.78, 5) is 22.8. The number of amides is 2. The predicted molar refractivity (Wildman–Crippen MR) is 71.1 cm³/mol. The van der Waals surface area contributed by atoms with E-state index in [1.54, 1.807) is 6.92 Å². The van der Waals surface area contributed by atoms with Crippen LogP contribution in [-0.4, -0.2) is 18.4 Å². The summed E-state index contributed by atoms with van der Waals surface area (Å²) in [5, 5.41) is 5.14. The first kappa shape index (κ1) is 14.2. The van der Waals surface area contributed by atoms with Crippen LogP contribution in [0.3, 0.4) is 0 Å². The van der Waals surface area contributed by atoms with E-state index in [4.69, 9.17) is 0 Å². The molecule has 2 N–H and O–H groups in total. The van der Waals surface area contributed by atoms with Crippen molar-refractivity contribution >= 4 is 11.8 Å². The van der Waals surface area contributed by atoms with E-state index in [0.29, 0.717) is 6.54 Å². The van der Waals surface area contributed by atoms with E-state index >= 15 is 0 Å². The van der Waals surface area contributed by atoms with Crippen LogP contribution >= 0.6 is 0 Å². The standard InChI is InChI=1S/C14H20N2O2/c1-4-11-6-8-12(9-7-11)10(3)16-14(18)13(17)15-5-2/h6-10H,4-5H2,1-3H3,(H,15,17)(H,16,18). The van der Waals surface area contributed by atoms with Gasteiger partial charge < -0.3 is 10.6 Å². The molecule has 1 unspecified atom stereocenters. The molecule has 4 heteroatoms. The first-order chi connectivity index (χ1) is 8.58. The summed E-state index contributed by atoms with van der Waals surface area (Å²) in [6, 6.07) is 7.84. The second-order valence-corrected chi connectivity index (χ2v) is 4.15. The third kappa shape index (κ3) is 3.87. The van der Waals surface area contributed by atoms with Gasteiger partial charge in [0.1, 0.15) is 0 Å². The summed E-state index contributed by atoms with van der Waals surface area (Å²) in [5.41, 5.74) is 2.24. The Bertz CT molecular complexity index is 412. The van der Waals surface area contributed by atoms with Gasteiger partial charge in [0.2, 0.25) is 0 Å². The van der Waals surface area contributed by atoms with Gasteiger partial charge in [-0.05, 0) is 31.4 Å². The third-order valence-electron chi connectivity index (χ3n) is 2.78. The molecule has 0 fully saturated rings. The minimum absolute atomic E-state index is 0.175. The number of carbonyl (C=O) groups is 2. The lowest BCUT2D eigenvalue weighted by Gasteiger charge is -2.14. The highest BCUT2D eigenvalue weighted by Gasteiger charge is 2.15. The summed E-state index contributed by atoms with van der Waals surface area (Å²) in [6.07, 6.45) is 0.986. The maximum Gasteiger partial charge on any atom is 0.309 e. The molecule has 2 amide bonds. The number of nitrogens with one attached hydrogen (secondary N) is 2. The van der Waals surface area contributed by atoms with Gasteiger partial charge in [0.05, 0.1) is 6.04 Å². The zero-order chi connectivity index (χ0) is 13.5. The summed E-state index contributed by atoms with van der Waals surface area (Å²) < 4.78 is 0. The van der Waals surface area contributed by atoms with Crippen molar-refractivity contribution in [3.05, 3.63) is 35.4 Å². The van der Waals surface area contributed by atoms with Gasteiger partial charge in [-0.3, -0.25) is 9.59 Å². The largest absolute Gasteiger partial charge is 0.348 e. The molecule has 98 valence electrons. The molecule has 1 rings (SSSR count). The van der Waals surface area contributed by atoms with Gasteiger partial charge in [-0.2, -0.15) is 0 Å². The highest BCUT2D eigenvalue weighted by atomic mass is 16.2. The topological polar surface area (TPSA) is 58.2 Å². The van der Waals surface area contributed by atoms with Crippen molar-refractivity contribution in [1.82, 2.24) is 10.6 Å². The Hall–Kier alpha value is -1.84. The minimum Gasteiger partial charge on any atom is -0.348 e. The smallest absolute Gasteiger partial charge is 0.309 e. The van der Waals surface area contributed by atoms with Crippen LogP contribution in [0.1, 0.15) is 37.9 Å². The first-order valence-electron chi connectivity index (χ1n) is 6.26. The van der Waals surface area contributed by atoms with Gasteiger partial charge in [-0.1, -0.05) is 31.2 Å². The van der Waals surface area contributed by atoms with Crippen molar-refractivity contribution < 1.29 is 9.59 Å². The number of hydrogen-bond donors (Lipinski definition) is 2. The van der Waals surface area contributed by atoms with E-state index < -0.39 is 11.8 Å². The quantitative estimate of drug-likeness (QED) is 0.794. The molecule has 0 saturated carbocycles. The fourth-order valence-corrected chi connectivity index (χ4v) is 1.63. The van der Waals surface area contributed by atoms with Crippen LogP contribution in [0.15, 0.2) is 24.3 Å². The van der Waals surface area contributed by atoms with Crippen molar-refractivity contribution in [2.75, 3.05) is 6.54 Å². The van der Waals surface area contributed by atoms with Crippen LogP contribution < -0.4 is 10.6 Å². The zero-order valence-corrected chi connectivity index (χ0v) is 11.1. The van der Waals surface area contributed by atoms with Crippen molar-refractivity contribution in [3.8, 4) is 0 Å². The highest BCUT2D eigenvalue weighted by Crippen LogP contribution is 2.13. The molecule has 4 nitrogen and oxygen atoms in total. The number of benzene rings is 1. The van der Waals surface area contributed by atoms with E-state index in [-0.39, 0.29) is 6.04 Å². The molecule has 1 aromatic carbocycles. The molecule has 0 bridgehead atoms. The Labute approximate surface area is 108 Å². The Morgan fingerprint density at radius 3 is 2.22 bits per heavy atom. The van der Waals surface area contributed by atoms with Gasteiger partial charge in [-0.15, -0.1) is 0 Å². The molecular weight excluding hydrogens is 228 g/mol. The lowest BCUT2D eigenvalue weighted by Crippen LogP contribution is -2.40. The van der Waals surface area contributed by atoms with Crippen LogP contribution in [0.5, 0.6) is 0 Å². The molecule has 0 aliphatic rings. The molecule has 0 aliphatic heterocycles. The Balaban J connectivity index is 2.61. The maximum absolute atomic E-state index is 11.5. The lowest BCUT2D eigenvalue weighted by atomic mass is 10.1. The number of rotatable bonds is 4. The molecule has 18 heavy (non-hydrogen) atoms. The summed E-state index contributed by atoms with van der Waals surface area (Å²) in [7, 11) is 0. The zero-order valence-electron chi connectivity index (χ0n) is 11.1. The van der Waals surface area contributed by atoms with Crippen molar-refractivity contribution in [1.29, 1.82) is 0 Å². The average Bonchev–Trinajstić information content (AvgIpc) is 2.39. The normalized spacial score (nSPS) is 11.7. The van der Waals surface area contributed by atoms with Gasteiger partial charge in [-0.25, -0.2) is 0 Å². The molecule has 0 radical (unpaired) electrons. The molecule has 0 aromatic heterocycles. The van der Waals surface area contributed by atoms with Crippen molar-refractivity contribution in [2.24, 2.45) is 0 Å². The van der Waals surface area contributed by atoms with Gasteiger partial charge >= 0.3 is 11.8 Å². The molecule has 0 heterocycles. The fraction of sp³-hybridized carbons (Fsp3) is 0.429. The SMILES string of the molecule is CCNC(=O)C(=O)NC(C)c1ccc(CC)cc1. The second-order valence-electron chi connectivity index (χ2n) is 4.15. The van der Waals surface area contributed by atoms with Crippen LogP contribution in [0, 0.1) is 0 Å². The number of likely N-dealkylation sites (N-methyl/N-ethyl adjacent to an activating group) is 1. The number of carbonyl (C=O) groups excluding carboxylic acids is 2. The van der Waals surface area contributed by atoms with Crippen LogP contribution in [-0.2, 0) is 16.0 Å². The van der Waals surface area contributed by atoms with Crippen LogP contribution in [0.25, 0.3) is 0 Å². The minimum atomic E-state index is -0.594. The molecule has 1 atom stereocenters. The van der Waals surface area contributed by atoms with Crippen molar-refractivity contribution in [2.45, 2.75) is 33.2 Å². The van der Waals surface area contributed by atoms with Gasteiger partial charge in [0.15, 0.2) is 0 Å². The maximum atomic E-state index is 11.5. The fourth-order valence-electron chi connectivity index (χ4n) is 1.63. The van der Waals surface area contributed by atoms with E-state index in [1.807, 2.05) is 31.2 Å². The molecule has 0 spiro atoms. The van der Waals surface area contributed by atoms with E-state index in [1.165, 1.54) is 5.56 Å². The Kier molecular flexibility index (Phi) is 5.36. The molecule has 1 aromatic rings.